The molecule has 3 atom stereocenters. The third kappa shape index (κ3) is 5.93. The molecule has 4 nitrogen and oxygen atoms in total. The van der Waals surface area contributed by atoms with E-state index in [0.717, 1.165) is 45.4 Å². The van der Waals surface area contributed by atoms with Gasteiger partial charge in [0.15, 0.2) is 0 Å². The fourth-order valence-electron chi connectivity index (χ4n) is 3.59. The lowest BCUT2D eigenvalue weighted by Crippen LogP contribution is -2.35. The summed E-state index contributed by atoms with van der Waals surface area (Å²) in [5, 5.41) is 0. The van der Waals surface area contributed by atoms with Crippen LogP contribution in [0.25, 0.3) is 0 Å². The summed E-state index contributed by atoms with van der Waals surface area (Å²) >= 11 is 0. The molecule has 1 heterocycles. The van der Waals surface area contributed by atoms with Gasteiger partial charge in [0.05, 0.1) is 0 Å². The predicted molar refractivity (Wildman–Crippen MR) is 92.3 cm³/mol. The first-order chi connectivity index (χ1) is 9.10. The highest BCUT2D eigenvalue weighted by Gasteiger charge is 2.34. The Balaban J connectivity index is 0.00000200. The van der Waals surface area contributed by atoms with Crippen molar-refractivity contribution in [1.29, 1.82) is 0 Å². The largest absolute Gasteiger partial charge is 0.342 e. The number of carbonyl (C=O) groups excluding carboxylic acids is 1. The standard InChI is InChI=1S/C15H29N3O.2ClH/c1-3-7-17(2)10-12-6-8-18(11-12)15(19)13-4-5-14(16)9-13;;/h12-14H,3-11,16H2,1-2H3;2*1H. The number of halogens is 2. The van der Waals surface area contributed by atoms with Crippen LogP contribution in [-0.4, -0.2) is 55.0 Å². The van der Waals surface area contributed by atoms with Gasteiger partial charge in [0.25, 0.3) is 0 Å². The number of rotatable bonds is 5. The number of carbonyl (C=O) groups is 1. The van der Waals surface area contributed by atoms with Crippen molar-refractivity contribution in [2.45, 2.75) is 45.1 Å². The topological polar surface area (TPSA) is 49.6 Å². The van der Waals surface area contributed by atoms with Gasteiger partial charge in [0.1, 0.15) is 0 Å². The summed E-state index contributed by atoms with van der Waals surface area (Å²) < 4.78 is 0. The zero-order valence-electron chi connectivity index (χ0n) is 13.3. The Labute approximate surface area is 141 Å². The minimum atomic E-state index is 0. The van der Waals surface area contributed by atoms with Gasteiger partial charge in [0.2, 0.25) is 5.91 Å². The molecule has 3 unspecified atom stereocenters. The third-order valence-electron chi connectivity index (χ3n) is 4.60. The first kappa shape index (κ1) is 21.0. The maximum Gasteiger partial charge on any atom is 0.225 e. The zero-order chi connectivity index (χ0) is 13.8. The van der Waals surface area contributed by atoms with Crippen LogP contribution in [0.2, 0.25) is 0 Å². The minimum Gasteiger partial charge on any atom is -0.342 e. The Kier molecular flexibility index (Phi) is 9.87. The Morgan fingerprint density at radius 3 is 2.57 bits per heavy atom. The van der Waals surface area contributed by atoms with E-state index in [2.05, 4.69) is 23.8 Å². The highest BCUT2D eigenvalue weighted by molar-refractivity contribution is 5.85. The van der Waals surface area contributed by atoms with Crippen LogP contribution in [0.5, 0.6) is 0 Å². The van der Waals surface area contributed by atoms with Crippen molar-refractivity contribution in [1.82, 2.24) is 9.80 Å². The second kappa shape index (κ2) is 9.88. The molecule has 0 aromatic heterocycles. The van der Waals surface area contributed by atoms with Crippen molar-refractivity contribution in [2.24, 2.45) is 17.6 Å². The average molecular weight is 340 g/mol. The fraction of sp³-hybridized carbons (Fsp3) is 0.933. The molecule has 2 aliphatic rings. The molecule has 0 spiro atoms. The second-order valence-corrected chi connectivity index (χ2v) is 6.47. The van der Waals surface area contributed by atoms with Crippen LogP contribution in [-0.2, 0) is 4.79 Å². The molecule has 2 fully saturated rings. The summed E-state index contributed by atoms with van der Waals surface area (Å²) in [5.41, 5.74) is 5.91. The van der Waals surface area contributed by atoms with Crippen molar-refractivity contribution in [3.8, 4) is 0 Å². The van der Waals surface area contributed by atoms with Crippen molar-refractivity contribution in [3.63, 3.8) is 0 Å². The van der Waals surface area contributed by atoms with Crippen molar-refractivity contribution >= 4 is 30.7 Å². The smallest absolute Gasteiger partial charge is 0.225 e. The van der Waals surface area contributed by atoms with Gasteiger partial charge >= 0.3 is 0 Å². The van der Waals surface area contributed by atoms with Crippen LogP contribution in [0.15, 0.2) is 0 Å². The van der Waals surface area contributed by atoms with Gasteiger partial charge in [-0.2, -0.15) is 0 Å². The van der Waals surface area contributed by atoms with E-state index in [1.165, 1.54) is 12.8 Å². The van der Waals surface area contributed by atoms with Crippen LogP contribution in [0, 0.1) is 11.8 Å². The molecule has 1 aliphatic carbocycles. The summed E-state index contributed by atoms with van der Waals surface area (Å²) in [4.78, 5) is 16.9. The first-order valence-electron chi connectivity index (χ1n) is 7.83. The van der Waals surface area contributed by atoms with Gasteiger partial charge in [-0.1, -0.05) is 6.92 Å². The van der Waals surface area contributed by atoms with E-state index in [1.807, 2.05) is 0 Å². The SMILES string of the molecule is CCCN(C)CC1CCN(C(=O)C2CCC(N)C2)C1.Cl.Cl. The fourth-order valence-corrected chi connectivity index (χ4v) is 3.59. The molecule has 0 aromatic carbocycles. The highest BCUT2D eigenvalue weighted by Crippen LogP contribution is 2.28. The number of hydrogen-bond acceptors (Lipinski definition) is 3. The first-order valence-corrected chi connectivity index (χ1v) is 7.83. The number of nitrogens with two attached hydrogens (primary N) is 1. The number of amides is 1. The average Bonchev–Trinajstić information content (AvgIpc) is 2.98. The van der Waals surface area contributed by atoms with E-state index in [9.17, 15) is 4.79 Å². The Morgan fingerprint density at radius 2 is 2.00 bits per heavy atom. The van der Waals surface area contributed by atoms with E-state index in [4.69, 9.17) is 5.73 Å². The quantitative estimate of drug-likeness (QED) is 0.834. The van der Waals surface area contributed by atoms with Crippen LogP contribution in [0.1, 0.15) is 39.0 Å². The van der Waals surface area contributed by atoms with Crippen LogP contribution in [0.3, 0.4) is 0 Å². The maximum absolute atomic E-state index is 12.4. The normalized spacial score (nSPS) is 28.4. The number of hydrogen-bond donors (Lipinski definition) is 1. The van der Waals surface area contributed by atoms with Gasteiger partial charge in [-0.15, -0.1) is 24.8 Å². The predicted octanol–water partition coefficient (Wildman–Crippen LogP) is 2.15. The molecule has 126 valence electrons. The molecule has 0 aromatic rings. The van der Waals surface area contributed by atoms with E-state index in [-0.39, 0.29) is 36.8 Å². The van der Waals surface area contributed by atoms with Crippen molar-refractivity contribution < 1.29 is 4.79 Å². The van der Waals surface area contributed by atoms with Gasteiger partial charge in [0, 0.05) is 31.6 Å². The molecular formula is C15H31Cl2N3O. The molecule has 0 bridgehead atoms. The van der Waals surface area contributed by atoms with Crippen molar-refractivity contribution in [3.05, 3.63) is 0 Å². The summed E-state index contributed by atoms with van der Waals surface area (Å²) in [7, 11) is 2.18. The third-order valence-corrected chi connectivity index (χ3v) is 4.60. The Morgan fingerprint density at radius 1 is 1.29 bits per heavy atom. The minimum absolute atomic E-state index is 0. The maximum atomic E-state index is 12.4. The lowest BCUT2D eigenvalue weighted by molar-refractivity contribution is -0.134. The molecule has 1 aliphatic heterocycles. The lowest BCUT2D eigenvalue weighted by atomic mass is 10.1. The molecule has 2 N–H and O–H groups in total. The van der Waals surface area contributed by atoms with Gasteiger partial charge in [-0.05, 0) is 51.6 Å². The van der Waals surface area contributed by atoms with Gasteiger partial charge in [-0.3, -0.25) is 4.79 Å². The monoisotopic (exact) mass is 339 g/mol. The molecule has 6 heteroatoms. The van der Waals surface area contributed by atoms with Crippen LogP contribution >= 0.6 is 24.8 Å². The number of likely N-dealkylation sites (tertiary alicyclic amines) is 1. The molecule has 1 saturated heterocycles. The molecule has 2 rings (SSSR count). The lowest BCUT2D eigenvalue weighted by Gasteiger charge is -2.22. The van der Waals surface area contributed by atoms with Crippen molar-refractivity contribution in [2.75, 3.05) is 33.2 Å². The summed E-state index contributed by atoms with van der Waals surface area (Å²) in [6.45, 7) is 6.40. The van der Waals surface area contributed by atoms with Gasteiger partial charge in [-0.25, -0.2) is 0 Å². The van der Waals surface area contributed by atoms with Crippen LogP contribution in [0.4, 0.5) is 0 Å². The number of nitrogens with zero attached hydrogens (tertiary/aromatic N) is 2. The Hall–Kier alpha value is -0.0300. The Bertz CT molecular complexity index is 317. The van der Waals surface area contributed by atoms with E-state index in [1.54, 1.807) is 0 Å². The highest BCUT2D eigenvalue weighted by atomic mass is 35.5. The summed E-state index contributed by atoms with van der Waals surface area (Å²) in [6.07, 6.45) is 5.28. The van der Waals surface area contributed by atoms with Gasteiger partial charge < -0.3 is 15.5 Å². The van der Waals surface area contributed by atoms with E-state index in [0.29, 0.717) is 11.8 Å². The molecular weight excluding hydrogens is 309 g/mol. The second-order valence-electron chi connectivity index (χ2n) is 6.47. The van der Waals surface area contributed by atoms with E-state index < -0.39 is 0 Å². The summed E-state index contributed by atoms with van der Waals surface area (Å²) in [5.74, 6) is 1.24. The summed E-state index contributed by atoms with van der Waals surface area (Å²) in [6, 6.07) is 0.253. The molecule has 1 saturated carbocycles. The molecule has 21 heavy (non-hydrogen) atoms. The zero-order valence-corrected chi connectivity index (χ0v) is 14.9. The van der Waals surface area contributed by atoms with Crippen LogP contribution < -0.4 is 5.73 Å². The molecule has 0 radical (unpaired) electrons. The van der Waals surface area contributed by atoms with E-state index >= 15 is 0 Å². The molecule has 1 amide bonds.